The SMILES string of the molecule is Nc1ccc(N2CCCC3(CCN([C@H]4CC[C@H](O)CC4)C3)C2)cc1. The van der Waals surface area contributed by atoms with Crippen LogP contribution in [0.2, 0.25) is 0 Å². The van der Waals surface area contributed by atoms with Gasteiger partial charge in [-0.15, -0.1) is 0 Å². The molecule has 24 heavy (non-hydrogen) atoms. The first-order valence-electron chi connectivity index (χ1n) is 9.66. The summed E-state index contributed by atoms with van der Waals surface area (Å²) in [6, 6.07) is 9.09. The summed E-state index contributed by atoms with van der Waals surface area (Å²) < 4.78 is 0. The van der Waals surface area contributed by atoms with Crippen LogP contribution < -0.4 is 10.6 Å². The van der Waals surface area contributed by atoms with Crippen molar-refractivity contribution >= 4 is 11.4 Å². The highest BCUT2D eigenvalue weighted by Gasteiger charge is 2.43. The Balaban J connectivity index is 1.41. The van der Waals surface area contributed by atoms with Gasteiger partial charge in [0.25, 0.3) is 0 Å². The van der Waals surface area contributed by atoms with Gasteiger partial charge in [-0.1, -0.05) is 0 Å². The first-order chi connectivity index (χ1) is 11.6. The Labute approximate surface area is 145 Å². The van der Waals surface area contributed by atoms with Crippen molar-refractivity contribution in [1.82, 2.24) is 4.90 Å². The molecule has 3 aliphatic rings. The number of likely N-dealkylation sites (tertiary alicyclic amines) is 1. The van der Waals surface area contributed by atoms with Crippen LogP contribution in [0, 0.1) is 5.41 Å². The maximum atomic E-state index is 9.76. The molecule has 4 heteroatoms. The van der Waals surface area contributed by atoms with Gasteiger partial charge in [-0.25, -0.2) is 0 Å². The van der Waals surface area contributed by atoms with E-state index in [1.165, 1.54) is 64.0 Å². The predicted molar refractivity (Wildman–Crippen MR) is 99.2 cm³/mol. The van der Waals surface area contributed by atoms with Crippen LogP contribution >= 0.6 is 0 Å². The highest BCUT2D eigenvalue weighted by molar-refractivity contribution is 5.53. The van der Waals surface area contributed by atoms with E-state index in [-0.39, 0.29) is 6.10 Å². The summed E-state index contributed by atoms with van der Waals surface area (Å²) in [5.74, 6) is 0. The number of hydrogen-bond donors (Lipinski definition) is 2. The fourth-order valence-corrected chi connectivity index (χ4v) is 5.15. The molecular weight excluding hydrogens is 298 g/mol. The van der Waals surface area contributed by atoms with Crippen molar-refractivity contribution in [2.45, 2.75) is 57.1 Å². The molecule has 1 saturated carbocycles. The first kappa shape index (κ1) is 16.2. The molecule has 3 N–H and O–H groups in total. The van der Waals surface area contributed by atoms with Crippen molar-refractivity contribution in [3.63, 3.8) is 0 Å². The molecule has 0 amide bonds. The van der Waals surface area contributed by atoms with Crippen LogP contribution in [0.15, 0.2) is 24.3 Å². The molecule has 2 aliphatic heterocycles. The average molecular weight is 329 g/mol. The molecule has 0 radical (unpaired) electrons. The van der Waals surface area contributed by atoms with Crippen molar-refractivity contribution in [3.05, 3.63) is 24.3 Å². The van der Waals surface area contributed by atoms with Crippen LogP contribution in [0.5, 0.6) is 0 Å². The number of rotatable bonds is 2. The Morgan fingerprint density at radius 1 is 0.958 bits per heavy atom. The standard InChI is InChI=1S/C20H31N3O/c21-16-2-4-17(5-3-16)22-12-1-10-20(14-22)11-13-23(15-20)18-6-8-19(24)9-7-18/h2-5,18-19,24H,1,6-15,21H2/t18-,19-,20?. The van der Waals surface area contributed by atoms with E-state index in [0.717, 1.165) is 18.5 Å². The van der Waals surface area contributed by atoms with Gasteiger partial charge >= 0.3 is 0 Å². The average Bonchev–Trinajstić information content (AvgIpc) is 2.99. The second-order valence-corrected chi connectivity index (χ2v) is 8.30. The van der Waals surface area contributed by atoms with Gasteiger partial charge in [0, 0.05) is 42.5 Å². The van der Waals surface area contributed by atoms with Gasteiger partial charge in [0.05, 0.1) is 6.10 Å². The van der Waals surface area contributed by atoms with Crippen LogP contribution in [-0.4, -0.2) is 48.3 Å². The van der Waals surface area contributed by atoms with Gasteiger partial charge in [-0.3, -0.25) is 4.90 Å². The number of benzene rings is 1. The largest absolute Gasteiger partial charge is 0.399 e. The molecule has 132 valence electrons. The normalized spacial score (nSPS) is 34.8. The van der Waals surface area contributed by atoms with E-state index in [4.69, 9.17) is 5.73 Å². The minimum atomic E-state index is -0.0477. The number of aliphatic hydroxyl groups excluding tert-OH is 1. The Bertz CT molecular complexity index is 553. The Kier molecular flexibility index (Phi) is 4.44. The number of anilines is 2. The molecule has 0 aromatic heterocycles. The molecule has 1 aromatic rings. The second kappa shape index (κ2) is 6.57. The van der Waals surface area contributed by atoms with Crippen LogP contribution in [0.1, 0.15) is 44.9 Å². The molecule has 2 saturated heterocycles. The highest BCUT2D eigenvalue weighted by Crippen LogP contribution is 2.42. The predicted octanol–water partition coefficient (Wildman–Crippen LogP) is 2.86. The van der Waals surface area contributed by atoms with Gasteiger partial charge in [0.2, 0.25) is 0 Å². The second-order valence-electron chi connectivity index (χ2n) is 8.30. The van der Waals surface area contributed by atoms with E-state index in [1.807, 2.05) is 12.1 Å². The lowest BCUT2D eigenvalue weighted by Gasteiger charge is -2.42. The summed E-state index contributed by atoms with van der Waals surface area (Å²) in [5.41, 5.74) is 8.47. The number of aliphatic hydroxyl groups is 1. The fourth-order valence-electron chi connectivity index (χ4n) is 5.15. The number of nitrogens with zero attached hydrogens (tertiary/aromatic N) is 2. The van der Waals surface area contributed by atoms with Gasteiger partial charge in [-0.05, 0) is 75.8 Å². The third-order valence-corrected chi connectivity index (χ3v) is 6.57. The molecule has 2 heterocycles. The van der Waals surface area contributed by atoms with E-state index < -0.39 is 0 Å². The summed E-state index contributed by atoms with van der Waals surface area (Å²) in [6.45, 7) is 4.85. The Hall–Kier alpha value is -1.26. The van der Waals surface area contributed by atoms with Gasteiger partial charge in [0.15, 0.2) is 0 Å². The number of hydrogen-bond acceptors (Lipinski definition) is 4. The van der Waals surface area contributed by atoms with E-state index in [0.29, 0.717) is 11.5 Å². The summed E-state index contributed by atoms with van der Waals surface area (Å²) in [6.07, 6.45) is 8.28. The van der Waals surface area contributed by atoms with Gasteiger partial charge in [-0.2, -0.15) is 0 Å². The molecule has 1 unspecified atom stereocenters. The van der Waals surface area contributed by atoms with Crippen molar-refractivity contribution in [1.29, 1.82) is 0 Å². The molecule has 1 spiro atoms. The summed E-state index contributed by atoms with van der Waals surface area (Å²) >= 11 is 0. The lowest BCUT2D eigenvalue weighted by molar-refractivity contribution is 0.0770. The first-order valence-corrected chi connectivity index (χ1v) is 9.66. The summed E-state index contributed by atoms with van der Waals surface area (Å²) in [5, 5.41) is 9.76. The third-order valence-electron chi connectivity index (χ3n) is 6.57. The van der Waals surface area contributed by atoms with E-state index in [2.05, 4.69) is 21.9 Å². The van der Waals surface area contributed by atoms with Crippen molar-refractivity contribution in [2.24, 2.45) is 5.41 Å². The maximum absolute atomic E-state index is 9.76. The molecule has 4 rings (SSSR count). The van der Waals surface area contributed by atoms with Crippen LogP contribution in [0.3, 0.4) is 0 Å². The maximum Gasteiger partial charge on any atom is 0.0541 e. The van der Waals surface area contributed by atoms with E-state index >= 15 is 0 Å². The summed E-state index contributed by atoms with van der Waals surface area (Å²) in [7, 11) is 0. The van der Waals surface area contributed by atoms with Crippen LogP contribution in [-0.2, 0) is 0 Å². The molecule has 1 aromatic carbocycles. The Morgan fingerprint density at radius 2 is 1.71 bits per heavy atom. The quantitative estimate of drug-likeness (QED) is 0.819. The zero-order valence-electron chi connectivity index (χ0n) is 14.7. The molecular formula is C20H31N3O. The molecule has 4 nitrogen and oxygen atoms in total. The minimum Gasteiger partial charge on any atom is -0.399 e. The smallest absolute Gasteiger partial charge is 0.0541 e. The zero-order chi connectivity index (χ0) is 16.6. The summed E-state index contributed by atoms with van der Waals surface area (Å²) in [4.78, 5) is 5.30. The van der Waals surface area contributed by atoms with Crippen molar-refractivity contribution in [3.8, 4) is 0 Å². The van der Waals surface area contributed by atoms with E-state index in [9.17, 15) is 5.11 Å². The van der Waals surface area contributed by atoms with Gasteiger partial charge < -0.3 is 15.7 Å². The number of nitrogen functional groups attached to an aromatic ring is 1. The topological polar surface area (TPSA) is 52.7 Å². The van der Waals surface area contributed by atoms with E-state index in [1.54, 1.807) is 0 Å². The van der Waals surface area contributed by atoms with Crippen molar-refractivity contribution < 1.29 is 5.11 Å². The number of nitrogens with two attached hydrogens (primary N) is 1. The Morgan fingerprint density at radius 3 is 2.46 bits per heavy atom. The molecule has 1 aliphatic carbocycles. The number of piperidine rings is 1. The molecule has 1 atom stereocenters. The van der Waals surface area contributed by atoms with Crippen LogP contribution in [0.4, 0.5) is 11.4 Å². The minimum absolute atomic E-state index is 0.0477. The fraction of sp³-hybridized carbons (Fsp3) is 0.700. The highest BCUT2D eigenvalue weighted by atomic mass is 16.3. The third kappa shape index (κ3) is 3.27. The lowest BCUT2D eigenvalue weighted by Crippen LogP contribution is -2.46. The molecule has 3 fully saturated rings. The zero-order valence-corrected chi connectivity index (χ0v) is 14.7. The van der Waals surface area contributed by atoms with Gasteiger partial charge in [0.1, 0.15) is 0 Å². The monoisotopic (exact) mass is 329 g/mol. The van der Waals surface area contributed by atoms with Crippen molar-refractivity contribution in [2.75, 3.05) is 36.8 Å². The molecule has 0 bridgehead atoms. The lowest BCUT2D eigenvalue weighted by atomic mass is 9.79. The van der Waals surface area contributed by atoms with Crippen LogP contribution in [0.25, 0.3) is 0 Å².